The summed E-state index contributed by atoms with van der Waals surface area (Å²) in [6.45, 7) is 5.58. The van der Waals surface area contributed by atoms with Crippen molar-refractivity contribution >= 4 is 23.4 Å². The van der Waals surface area contributed by atoms with Crippen LogP contribution in [0.2, 0.25) is 5.02 Å². The molecule has 0 atom stereocenters. The van der Waals surface area contributed by atoms with E-state index in [1.54, 1.807) is 13.1 Å². The highest BCUT2D eigenvalue weighted by molar-refractivity contribution is 6.31. The van der Waals surface area contributed by atoms with Gasteiger partial charge in [-0.15, -0.1) is 0 Å². The zero-order chi connectivity index (χ0) is 19.3. The average Bonchev–Trinajstić information content (AvgIpc) is 2.61. The highest BCUT2D eigenvalue weighted by Gasteiger charge is 2.21. The SMILES string of the molecule is CN/C(=C(/CNC(=O)c1cc(Cl)cc(C)c1C)C(N)=O)N1CCCCC1. The molecule has 1 heterocycles. The summed E-state index contributed by atoms with van der Waals surface area (Å²) in [4.78, 5) is 26.7. The first-order chi connectivity index (χ1) is 12.3. The molecule has 4 N–H and O–H groups in total. The molecule has 7 heteroatoms. The second-order valence-electron chi connectivity index (χ2n) is 6.57. The van der Waals surface area contributed by atoms with Crippen LogP contribution in [0.3, 0.4) is 0 Å². The van der Waals surface area contributed by atoms with Gasteiger partial charge in [0.15, 0.2) is 0 Å². The molecule has 1 aliphatic rings. The number of benzene rings is 1. The lowest BCUT2D eigenvalue weighted by Crippen LogP contribution is -2.40. The lowest BCUT2D eigenvalue weighted by atomic mass is 10.0. The van der Waals surface area contributed by atoms with Crippen LogP contribution in [0.15, 0.2) is 23.5 Å². The van der Waals surface area contributed by atoms with Crippen LogP contribution in [0.25, 0.3) is 0 Å². The molecule has 142 valence electrons. The molecule has 1 saturated heterocycles. The molecule has 1 aromatic carbocycles. The Bertz CT molecular complexity index is 724. The van der Waals surface area contributed by atoms with Crippen LogP contribution < -0.4 is 16.4 Å². The van der Waals surface area contributed by atoms with Gasteiger partial charge in [-0.2, -0.15) is 0 Å². The van der Waals surface area contributed by atoms with E-state index < -0.39 is 5.91 Å². The van der Waals surface area contributed by atoms with Crippen molar-refractivity contribution in [3.05, 3.63) is 45.2 Å². The number of nitrogens with zero attached hydrogens (tertiary/aromatic N) is 1. The second kappa shape index (κ2) is 8.94. The summed E-state index contributed by atoms with van der Waals surface area (Å²) in [5, 5.41) is 6.39. The molecule has 0 saturated carbocycles. The lowest BCUT2D eigenvalue weighted by molar-refractivity contribution is -0.114. The van der Waals surface area contributed by atoms with Gasteiger partial charge in [0.05, 0.1) is 12.1 Å². The Labute approximate surface area is 159 Å². The summed E-state index contributed by atoms with van der Waals surface area (Å²) in [5.74, 6) is -0.128. The van der Waals surface area contributed by atoms with Gasteiger partial charge in [-0.3, -0.25) is 9.59 Å². The number of nitrogens with two attached hydrogens (primary N) is 1. The Morgan fingerprint density at radius 1 is 1.19 bits per heavy atom. The summed E-state index contributed by atoms with van der Waals surface area (Å²) in [5.41, 5.74) is 8.27. The summed E-state index contributed by atoms with van der Waals surface area (Å²) < 4.78 is 0. The lowest BCUT2D eigenvalue weighted by Gasteiger charge is -2.32. The first kappa shape index (κ1) is 20.1. The molecule has 1 aromatic rings. The van der Waals surface area contributed by atoms with Crippen molar-refractivity contribution in [3.8, 4) is 0 Å². The number of carbonyl (C=O) groups is 2. The summed E-state index contributed by atoms with van der Waals surface area (Å²) in [6.07, 6.45) is 3.33. The number of hydrogen-bond donors (Lipinski definition) is 3. The maximum absolute atomic E-state index is 12.6. The monoisotopic (exact) mass is 378 g/mol. The van der Waals surface area contributed by atoms with Gasteiger partial charge >= 0.3 is 0 Å². The van der Waals surface area contributed by atoms with Crippen molar-refractivity contribution in [2.75, 3.05) is 26.7 Å². The van der Waals surface area contributed by atoms with Gasteiger partial charge in [-0.05, 0) is 56.4 Å². The van der Waals surface area contributed by atoms with E-state index in [9.17, 15) is 9.59 Å². The van der Waals surface area contributed by atoms with E-state index in [4.69, 9.17) is 17.3 Å². The van der Waals surface area contributed by atoms with E-state index in [2.05, 4.69) is 15.5 Å². The predicted molar refractivity (Wildman–Crippen MR) is 104 cm³/mol. The van der Waals surface area contributed by atoms with Crippen molar-refractivity contribution < 1.29 is 9.59 Å². The van der Waals surface area contributed by atoms with Crippen molar-refractivity contribution in [3.63, 3.8) is 0 Å². The Kier molecular flexibility index (Phi) is 6.91. The van der Waals surface area contributed by atoms with E-state index in [-0.39, 0.29) is 12.5 Å². The molecular formula is C19H27ClN4O2. The first-order valence-electron chi connectivity index (χ1n) is 8.85. The number of piperidine rings is 1. The van der Waals surface area contributed by atoms with Crippen LogP contribution in [-0.4, -0.2) is 43.4 Å². The quantitative estimate of drug-likeness (QED) is 0.661. The van der Waals surface area contributed by atoms with E-state index >= 15 is 0 Å². The summed E-state index contributed by atoms with van der Waals surface area (Å²) in [6, 6.07) is 3.45. The number of aryl methyl sites for hydroxylation is 1. The van der Waals surface area contributed by atoms with Gasteiger partial charge in [-0.25, -0.2) is 0 Å². The normalized spacial score (nSPS) is 15.3. The number of primary amides is 1. The fraction of sp³-hybridized carbons (Fsp3) is 0.474. The third-order valence-corrected chi connectivity index (χ3v) is 5.01. The highest BCUT2D eigenvalue weighted by Crippen LogP contribution is 2.20. The van der Waals surface area contributed by atoms with Crippen molar-refractivity contribution in [2.24, 2.45) is 5.73 Å². The van der Waals surface area contributed by atoms with Gasteiger partial charge in [-0.1, -0.05) is 11.6 Å². The average molecular weight is 379 g/mol. The Balaban J connectivity index is 2.21. The van der Waals surface area contributed by atoms with Gasteiger partial charge in [0.2, 0.25) is 5.91 Å². The van der Waals surface area contributed by atoms with Crippen LogP contribution >= 0.6 is 11.6 Å². The third-order valence-electron chi connectivity index (χ3n) is 4.79. The fourth-order valence-electron chi connectivity index (χ4n) is 3.22. The van der Waals surface area contributed by atoms with E-state index in [1.807, 2.05) is 19.9 Å². The number of nitrogens with one attached hydrogen (secondary N) is 2. The molecule has 1 aliphatic heterocycles. The number of halogens is 1. The maximum atomic E-state index is 12.6. The topological polar surface area (TPSA) is 87.5 Å². The second-order valence-corrected chi connectivity index (χ2v) is 7.00. The molecule has 0 unspecified atom stereocenters. The van der Waals surface area contributed by atoms with Crippen LogP contribution in [-0.2, 0) is 4.79 Å². The van der Waals surface area contributed by atoms with E-state index in [0.29, 0.717) is 22.0 Å². The molecule has 0 aromatic heterocycles. The van der Waals surface area contributed by atoms with Crippen LogP contribution in [0.5, 0.6) is 0 Å². The van der Waals surface area contributed by atoms with Crippen molar-refractivity contribution in [1.82, 2.24) is 15.5 Å². The number of rotatable bonds is 6. The minimum Gasteiger partial charge on any atom is -0.374 e. The fourth-order valence-corrected chi connectivity index (χ4v) is 3.49. The maximum Gasteiger partial charge on any atom is 0.251 e. The molecular weight excluding hydrogens is 352 g/mol. The Morgan fingerprint density at radius 2 is 1.85 bits per heavy atom. The zero-order valence-corrected chi connectivity index (χ0v) is 16.4. The Morgan fingerprint density at radius 3 is 2.42 bits per heavy atom. The number of hydrogen-bond acceptors (Lipinski definition) is 4. The number of carbonyl (C=O) groups excluding carboxylic acids is 2. The molecule has 26 heavy (non-hydrogen) atoms. The molecule has 6 nitrogen and oxygen atoms in total. The summed E-state index contributed by atoms with van der Waals surface area (Å²) >= 11 is 6.07. The van der Waals surface area contributed by atoms with E-state index in [0.717, 1.165) is 37.1 Å². The molecule has 0 spiro atoms. The van der Waals surface area contributed by atoms with Crippen LogP contribution in [0.1, 0.15) is 40.7 Å². The molecule has 2 amide bonds. The van der Waals surface area contributed by atoms with Gasteiger partial charge in [0.25, 0.3) is 5.91 Å². The highest BCUT2D eigenvalue weighted by atomic mass is 35.5. The third kappa shape index (κ3) is 4.69. The van der Waals surface area contributed by atoms with E-state index in [1.165, 1.54) is 6.42 Å². The molecule has 0 aliphatic carbocycles. The van der Waals surface area contributed by atoms with Crippen LogP contribution in [0.4, 0.5) is 0 Å². The standard InChI is InChI=1S/C19H27ClN4O2/c1-12-9-14(20)10-15(13(12)2)19(26)23-11-16(17(21)25)18(22-3)24-7-5-4-6-8-24/h9-10,22H,4-8,11H2,1-3H3,(H2,21,25)(H,23,26)/b18-16+. The Hall–Kier alpha value is -2.21. The molecule has 0 radical (unpaired) electrons. The van der Waals surface area contributed by atoms with Crippen LogP contribution in [0, 0.1) is 13.8 Å². The zero-order valence-electron chi connectivity index (χ0n) is 15.6. The smallest absolute Gasteiger partial charge is 0.251 e. The minimum absolute atomic E-state index is 0.0614. The van der Waals surface area contributed by atoms with Gasteiger partial charge < -0.3 is 21.3 Å². The van der Waals surface area contributed by atoms with Gasteiger partial charge in [0.1, 0.15) is 5.82 Å². The predicted octanol–water partition coefficient (Wildman–Crippen LogP) is 2.09. The van der Waals surface area contributed by atoms with Crippen molar-refractivity contribution in [2.45, 2.75) is 33.1 Å². The largest absolute Gasteiger partial charge is 0.374 e. The molecule has 1 fully saturated rings. The minimum atomic E-state index is -0.542. The first-order valence-corrected chi connectivity index (χ1v) is 9.23. The van der Waals surface area contributed by atoms with Crippen molar-refractivity contribution in [1.29, 1.82) is 0 Å². The number of amides is 2. The number of likely N-dealkylation sites (tertiary alicyclic amines) is 1. The molecule has 2 rings (SSSR count). The molecule has 0 bridgehead atoms. The summed E-state index contributed by atoms with van der Waals surface area (Å²) in [7, 11) is 1.76. The van der Waals surface area contributed by atoms with Gasteiger partial charge in [0, 0.05) is 30.7 Å².